The van der Waals surface area contributed by atoms with Crippen LogP contribution in [-0.4, -0.2) is 5.78 Å². The van der Waals surface area contributed by atoms with E-state index in [-0.39, 0.29) is 18.1 Å². The molecule has 2 fully saturated rings. The normalized spacial score (nSPS) is 28.9. The van der Waals surface area contributed by atoms with Crippen LogP contribution in [0.3, 0.4) is 0 Å². The van der Waals surface area contributed by atoms with Crippen molar-refractivity contribution in [3.05, 3.63) is 35.4 Å². The van der Waals surface area contributed by atoms with Crippen molar-refractivity contribution in [2.75, 3.05) is 0 Å². The third kappa shape index (κ3) is 2.60. The van der Waals surface area contributed by atoms with E-state index in [0.717, 1.165) is 25.0 Å². The lowest BCUT2D eigenvalue weighted by molar-refractivity contribution is -0.137. The van der Waals surface area contributed by atoms with E-state index in [1.165, 1.54) is 18.9 Å². The molecule has 4 heteroatoms. The molecule has 2 atom stereocenters. The summed E-state index contributed by atoms with van der Waals surface area (Å²) < 4.78 is 37.9. The van der Waals surface area contributed by atoms with Crippen LogP contribution in [0.15, 0.2) is 24.3 Å². The molecule has 2 aliphatic carbocycles. The lowest BCUT2D eigenvalue weighted by Crippen LogP contribution is -2.10. The van der Waals surface area contributed by atoms with E-state index in [9.17, 15) is 18.0 Å². The van der Waals surface area contributed by atoms with Gasteiger partial charge in [0.25, 0.3) is 0 Å². The van der Waals surface area contributed by atoms with Gasteiger partial charge in [-0.2, -0.15) is 13.2 Å². The summed E-state index contributed by atoms with van der Waals surface area (Å²) in [7, 11) is 0. The highest BCUT2D eigenvalue weighted by Crippen LogP contribution is 2.56. The molecule has 2 saturated carbocycles. The monoisotopic (exact) mass is 282 g/mol. The SMILES string of the molecule is O=C(Cc1cccc(C(F)(F)F)c1)C1C2CCCCC21. The average molecular weight is 282 g/mol. The smallest absolute Gasteiger partial charge is 0.299 e. The third-order valence-electron chi connectivity index (χ3n) is 4.66. The van der Waals surface area contributed by atoms with Gasteiger partial charge >= 0.3 is 6.18 Å². The Morgan fingerprint density at radius 1 is 1.15 bits per heavy atom. The van der Waals surface area contributed by atoms with Crippen molar-refractivity contribution in [3.63, 3.8) is 0 Å². The maximum atomic E-state index is 12.6. The van der Waals surface area contributed by atoms with E-state index in [0.29, 0.717) is 17.4 Å². The summed E-state index contributed by atoms with van der Waals surface area (Å²) >= 11 is 0. The van der Waals surface area contributed by atoms with E-state index in [4.69, 9.17) is 0 Å². The quantitative estimate of drug-likeness (QED) is 0.810. The fraction of sp³-hybridized carbons (Fsp3) is 0.562. The van der Waals surface area contributed by atoms with Crippen LogP contribution >= 0.6 is 0 Å². The van der Waals surface area contributed by atoms with Crippen molar-refractivity contribution >= 4 is 5.78 Å². The molecule has 2 aliphatic rings. The molecule has 0 amide bonds. The Morgan fingerprint density at radius 3 is 2.40 bits per heavy atom. The van der Waals surface area contributed by atoms with E-state index < -0.39 is 11.7 Å². The van der Waals surface area contributed by atoms with Crippen LogP contribution in [0.25, 0.3) is 0 Å². The number of Topliss-reactive ketones (excluding diaryl/α,β-unsaturated/α-hetero) is 1. The number of benzene rings is 1. The van der Waals surface area contributed by atoms with Crippen LogP contribution in [0.5, 0.6) is 0 Å². The highest BCUT2D eigenvalue weighted by molar-refractivity contribution is 5.86. The maximum absolute atomic E-state index is 12.6. The summed E-state index contributed by atoms with van der Waals surface area (Å²) in [6, 6.07) is 5.14. The second-order valence-corrected chi connectivity index (χ2v) is 5.98. The molecule has 20 heavy (non-hydrogen) atoms. The topological polar surface area (TPSA) is 17.1 Å². The van der Waals surface area contributed by atoms with Crippen LogP contribution in [0, 0.1) is 17.8 Å². The number of carbonyl (C=O) groups is 1. The Labute approximate surface area is 116 Å². The van der Waals surface area contributed by atoms with Gasteiger partial charge in [0.05, 0.1) is 5.56 Å². The second-order valence-electron chi connectivity index (χ2n) is 5.98. The van der Waals surface area contributed by atoms with Crippen molar-refractivity contribution in [1.82, 2.24) is 0 Å². The minimum atomic E-state index is -4.34. The summed E-state index contributed by atoms with van der Waals surface area (Å²) in [5, 5.41) is 0. The maximum Gasteiger partial charge on any atom is 0.416 e. The fourth-order valence-electron chi connectivity index (χ4n) is 3.65. The number of ketones is 1. The molecule has 1 aromatic rings. The van der Waals surface area contributed by atoms with Crippen molar-refractivity contribution in [2.24, 2.45) is 17.8 Å². The van der Waals surface area contributed by atoms with Gasteiger partial charge in [-0.25, -0.2) is 0 Å². The van der Waals surface area contributed by atoms with E-state index in [1.807, 2.05) is 0 Å². The number of rotatable bonds is 3. The Bertz CT molecular complexity index is 509. The summed E-state index contributed by atoms with van der Waals surface area (Å²) in [6.45, 7) is 0. The summed E-state index contributed by atoms with van der Waals surface area (Å²) in [4.78, 5) is 12.2. The average Bonchev–Trinajstić information content (AvgIpc) is 3.12. The molecule has 2 unspecified atom stereocenters. The molecule has 0 bridgehead atoms. The standard InChI is InChI=1S/C16H17F3O/c17-16(18,19)11-5-3-4-10(8-11)9-14(20)15-12-6-1-2-7-13(12)15/h3-5,8,12-13,15H,1-2,6-7,9H2. The summed E-state index contributed by atoms with van der Waals surface area (Å²) in [6.07, 6.45) is 0.407. The highest BCUT2D eigenvalue weighted by Gasteiger charge is 2.53. The van der Waals surface area contributed by atoms with Crippen LogP contribution < -0.4 is 0 Å². The van der Waals surface area contributed by atoms with E-state index >= 15 is 0 Å². The zero-order chi connectivity index (χ0) is 14.3. The summed E-state index contributed by atoms with van der Waals surface area (Å²) in [5.74, 6) is 1.28. The molecule has 1 nitrogen and oxygen atoms in total. The number of halogens is 3. The Balaban J connectivity index is 1.68. The number of carbonyl (C=O) groups excluding carboxylic acids is 1. The first-order chi connectivity index (χ1) is 9.47. The molecule has 0 aliphatic heterocycles. The predicted molar refractivity (Wildman–Crippen MR) is 69.1 cm³/mol. The molecule has 0 heterocycles. The Kier molecular flexibility index (Phi) is 3.35. The molecular formula is C16H17F3O. The van der Waals surface area contributed by atoms with Gasteiger partial charge in [0, 0.05) is 12.3 Å². The molecule has 108 valence electrons. The lowest BCUT2D eigenvalue weighted by Gasteiger charge is -2.08. The predicted octanol–water partition coefficient (Wildman–Crippen LogP) is 4.25. The molecule has 0 aromatic heterocycles. The van der Waals surface area contributed by atoms with Crippen molar-refractivity contribution in [2.45, 2.75) is 38.3 Å². The number of hydrogen-bond donors (Lipinski definition) is 0. The zero-order valence-electron chi connectivity index (χ0n) is 11.1. The van der Waals surface area contributed by atoms with Gasteiger partial charge in [-0.1, -0.05) is 31.0 Å². The first kappa shape index (κ1) is 13.7. The molecular weight excluding hydrogens is 265 g/mol. The number of hydrogen-bond acceptors (Lipinski definition) is 1. The second kappa shape index (κ2) is 4.90. The number of fused-ring (bicyclic) bond motifs is 1. The van der Waals surface area contributed by atoms with E-state index in [2.05, 4.69) is 0 Å². The molecule has 0 spiro atoms. The number of alkyl halides is 3. The Morgan fingerprint density at radius 2 is 1.80 bits per heavy atom. The highest BCUT2D eigenvalue weighted by atomic mass is 19.4. The minimum Gasteiger partial charge on any atom is -0.299 e. The van der Waals surface area contributed by atoms with Crippen LogP contribution in [0.2, 0.25) is 0 Å². The largest absolute Gasteiger partial charge is 0.416 e. The summed E-state index contributed by atoms with van der Waals surface area (Å²) in [5.41, 5.74) is -0.190. The van der Waals surface area contributed by atoms with Gasteiger partial charge in [-0.3, -0.25) is 4.79 Å². The zero-order valence-corrected chi connectivity index (χ0v) is 11.1. The molecule has 1 aromatic carbocycles. The van der Waals surface area contributed by atoms with Crippen LogP contribution in [-0.2, 0) is 17.4 Å². The van der Waals surface area contributed by atoms with Gasteiger partial charge in [0.1, 0.15) is 5.78 Å². The van der Waals surface area contributed by atoms with Crippen molar-refractivity contribution in [1.29, 1.82) is 0 Å². The van der Waals surface area contributed by atoms with Crippen molar-refractivity contribution in [3.8, 4) is 0 Å². The van der Waals surface area contributed by atoms with Gasteiger partial charge < -0.3 is 0 Å². The molecule has 0 radical (unpaired) electrons. The van der Waals surface area contributed by atoms with Crippen molar-refractivity contribution < 1.29 is 18.0 Å². The molecule has 3 rings (SSSR count). The Hall–Kier alpha value is -1.32. The molecule has 0 N–H and O–H groups in total. The third-order valence-corrected chi connectivity index (χ3v) is 4.66. The molecule has 0 saturated heterocycles. The minimum absolute atomic E-state index is 0.118. The lowest BCUT2D eigenvalue weighted by atomic mass is 10.0. The van der Waals surface area contributed by atoms with Crippen LogP contribution in [0.1, 0.15) is 36.8 Å². The van der Waals surface area contributed by atoms with Crippen LogP contribution in [0.4, 0.5) is 13.2 Å². The first-order valence-corrected chi connectivity index (χ1v) is 7.15. The van der Waals surface area contributed by atoms with Gasteiger partial charge in [0.2, 0.25) is 0 Å². The first-order valence-electron chi connectivity index (χ1n) is 7.15. The van der Waals surface area contributed by atoms with Gasteiger partial charge in [-0.05, 0) is 36.3 Å². The van der Waals surface area contributed by atoms with Gasteiger partial charge in [-0.15, -0.1) is 0 Å². The van der Waals surface area contributed by atoms with E-state index in [1.54, 1.807) is 6.07 Å². The fourth-order valence-corrected chi connectivity index (χ4v) is 3.65. The van der Waals surface area contributed by atoms with Gasteiger partial charge in [0.15, 0.2) is 0 Å².